The number of nitrogens with zero attached hydrogens (tertiary/aromatic N) is 4. The van der Waals surface area contributed by atoms with Crippen LogP contribution in [0.2, 0.25) is 0 Å². The summed E-state index contributed by atoms with van der Waals surface area (Å²) in [6.45, 7) is 7.97. The molecule has 9 nitrogen and oxygen atoms in total. The molecule has 0 unspecified atom stereocenters. The molecule has 32 heavy (non-hydrogen) atoms. The van der Waals surface area contributed by atoms with Gasteiger partial charge in [0.15, 0.2) is 5.16 Å². The number of hydrogen-bond donors (Lipinski definition) is 2. The summed E-state index contributed by atoms with van der Waals surface area (Å²) in [6, 6.07) is 7.35. The van der Waals surface area contributed by atoms with E-state index in [0.29, 0.717) is 30.4 Å². The van der Waals surface area contributed by atoms with E-state index in [1.54, 1.807) is 18.2 Å². The third kappa shape index (κ3) is 5.80. The van der Waals surface area contributed by atoms with Crippen molar-refractivity contribution in [3.05, 3.63) is 29.8 Å². The van der Waals surface area contributed by atoms with E-state index in [9.17, 15) is 9.59 Å². The molecule has 1 aliphatic carbocycles. The van der Waals surface area contributed by atoms with E-state index < -0.39 is 0 Å². The highest BCUT2D eigenvalue weighted by molar-refractivity contribution is 7.99. The van der Waals surface area contributed by atoms with Gasteiger partial charge in [0, 0.05) is 25.7 Å². The molecule has 2 heterocycles. The van der Waals surface area contributed by atoms with Gasteiger partial charge in [0.1, 0.15) is 0 Å². The molecule has 4 rings (SSSR count). The van der Waals surface area contributed by atoms with Gasteiger partial charge in [-0.2, -0.15) is 0 Å². The molecule has 172 valence electrons. The lowest BCUT2D eigenvalue weighted by Crippen LogP contribution is -2.38. The van der Waals surface area contributed by atoms with Crippen LogP contribution in [0.4, 0.5) is 11.6 Å². The number of para-hydroxylation sites is 1. The van der Waals surface area contributed by atoms with Crippen LogP contribution in [0.15, 0.2) is 29.4 Å². The largest absolute Gasteiger partial charge is 0.378 e. The first kappa shape index (κ1) is 22.6. The predicted octanol–water partition coefficient (Wildman–Crippen LogP) is 2.39. The first-order chi connectivity index (χ1) is 15.5. The van der Waals surface area contributed by atoms with Crippen LogP contribution in [0.5, 0.6) is 0 Å². The Bertz CT molecular complexity index is 953. The number of carbonyl (C=O) groups is 2. The van der Waals surface area contributed by atoms with Crippen LogP contribution in [-0.4, -0.2) is 64.7 Å². The van der Waals surface area contributed by atoms with E-state index in [1.807, 2.05) is 6.07 Å². The highest BCUT2D eigenvalue weighted by atomic mass is 32.2. The molecule has 0 atom stereocenters. The molecule has 1 aliphatic heterocycles. The van der Waals surface area contributed by atoms with Gasteiger partial charge in [-0.15, -0.1) is 10.2 Å². The maximum absolute atomic E-state index is 12.7. The zero-order valence-corrected chi connectivity index (χ0v) is 19.4. The average Bonchev–Trinajstić information content (AvgIpc) is 3.51. The topological polar surface area (TPSA) is 101 Å². The third-order valence-corrected chi connectivity index (χ3v) is 6.20. The standard InChI is InChI=1S/C22H30N6O3S/c1-15(2)13-28-21(27-9-11-31-12-10-27)25-26-22(28)32-14-19(29)24-18-6-4-3-5-17(18)20(30)23-16-7-8-16/h3-6,15-16H,7-14H2,1-2H3,(H,23,30)(H,24,29). The molecule has 2 fully saturated rings. The van der Waals surface area contributed by atoms with Gasteiger partial charge < -0.3 is 20.3 Å². The van der Waals surface area contributed by atoms with Crippen LogP contribution >= 0.6 is 11.8 Å². The number of carbonyl (C=O) groups excluding carboxylic acids is 2. The summed E-state index contributed by atoms with van der Waals surface area (Å²) >= 11 is 1.35. The maximum Gasteiger partial charge on any atom is 0.253 e. The molecule has 2 amide bonds. The van der Waals surface area contributed by atoms with Crippen molar-refractivity contribution >= 4 is 35.2 Å². The van der Waals surface area contributed by atoms with Gasteiger partial charge in [-0.3, -0.25) is 14.2 Å². The van der Waals surface area contributed by atoms with Gasteiger partial charge in [-0.1, -0.05) is 37.7 Å². The number of anilines is 2. The Morgan fingerprint density at radius 1 is 1.19 bits per heavy atom. The lowest BCUT2D eigenvalue weighted by Gasteiger charge is -2.28. The minimum Gasteiger partial charge on any atom is -0.378 e. The first-order valence-electron chi connectivity index (χ1n) is 11.1. The molecule has 1 aromatic heterocycles. The molecule has 0 radical (unpaired) electrons. The van der Waals surface area contributed by atoms with Crippen LogP contribution in [0.3, 0.4) is 0 Å². The van der Waals surface area contributed by atoms with Gasteiger partial charge in [0.25, 0.3) is 5.91 Å². The van der Waals surface area contributed by atoms with E-state index in [0.717, 1.165) is 43.6 Å². The smallest absolute Gasteiger partial charge is 0.253 e. The Morgan fingerprint density at radius 2 is 1.94 bits per heavy atom. The van der Waals surface area contributed by atoms with Crippen molar-refractivity contribution in [3.63, 3.8) is 0 Å². The van der Waals surface area contributed by atoms with E-state index in [-0.39, 0.29) is 23.6 Å². The minimum atomic E-state index is -0.186. The van der Waals surface area contributed by atoms with E-state index in [2.05, 4.69) is 44.1 Å². The fourth-order valence-electron chi connectivity index (χ4n) is 3.51. The van der Waals surface area contributed by atoms with Crippen molar-refractivity contribution in [2.45, 2.75) is 44.4 Å². The fraction of sp³-hybridized carbons (Fsp3) is 0.545. The number of amides is 2. The number of benzene rings is 1. The number of nitrogens with one attached hydrogen (secondary N) is 2. The van der Waals surface area contributed by atoms with Crippen molar-refractivity contribution in [1.82, 2.24) is 20.1 Å². The first-order valence-corrected chi connectivity index (χ1v) is 12.1. The molecular weight excluding hydrogens is 428 g/mol. The summed E-state index contributed by atoms with van der Waals surface area (Å²) in [5, 5.41) is 15.3. The monoisotopic (exact) mass is 458 g/mol. The van der Waals surface area contributed by atoms with Gasteiger partial charge in [0.05, 0.1) is 30.2 Å². The predicted molar refractivity (Wildman–Crippen MR) is 124 cm³/mol. The minimum absolute atomic E-state index is 0.150. The second-order valence-electron chi connectivity index (χ2n) is 8.52. The van der Waals surface area contributed by atoms with Crippen molar-refractivity contribution in [2.75, 3.05) is 42.3 Å². The normalized spacial score (nSPS) is 16.3. The Morgan fingerprint density at radius 3 is 2.66 bits per heavy atom. The molecule has 0 spiro atoms. The van der Waals surface area contributed by atoms with Crippen molar-refractivity contribution in [1.29, 1.82) is 0 Å². The second-order valence-corrected chi connectivity index (χ2v) is 9.46. The zero-order chi connectivity index (χ0) is 22.5. The summed E-state index contributed by atoms with van der Waals surface area (Å²) in [6.07, 6.45) is 2.03. The van der Waals surface area contributed by atoms with Crippen molar-refractivity contribution in [2.24, 2.45) is 5.92 Å². The van der Waals surface area contributed by atoms with Crippen LogP contribution in [0, 0.1) is 5.92 Å². The highest BCUT2D eigenvalue weighted by Gasteiger charge is 2.25. The summed E-state index contributed by atoms with van der Waals surface area (Å²) in [5.74, 6) is 1.08. The van der Waals surface area contributed by atoms with E-state index >= 15 is 0 Å². The Kier molecular flexibility index (Phi) is 7.31. The number of ether oxygens (including phenoxy) is 1. The average molecular weight is 459 g/mol. The van der Waals surface area contributed by atoms with Gasteiger partial charge in [0.2, 0.25) is 11.9 Å². The lowest BCUT2D eigenvalue weighted by atomic mass is 10.1. The zero-order valence-electron chi connectivity index (χ0n) is 18.5. The summed E-state index contributed by atoms with van der Waals surface area (Å²) in [4.78, 5) is 27.3. The Labute approximate surface area is 192 Å². The van der Waals surface area contributed by atoms with E-state index in [4.69, 9.17) is 4.74 Å². The molecule has 1 aromatic carbocycles. The van der Waals surface area contributed by atoms with Gasteiger partial charge in [-0.25, -0.2) is 0 Å². The molecule has 10 heteroatoms. The Hall–Kier alpha value is -2.59. The number of morpholine rings is 1. The SMILES string of the molecule is CC(C)Cn1c(SCC(=O)Nc2ccccc2C(=O)NC2CC2)nnc1N1CCOCC1. The Balaban J connectivity index is 1.41. The molecule has 1 saturated heterocycles. The molecule has 2 N–H and O–H groups in total. The number of rotatable bonds is 9. The number of thioether (sulfide) groups is 1. The maximum atomic E-state index is 12.7. The van der Waals surface area contributed by atoms with Crippen molar-refractivity contribution in [3.8, 4) is 0 Å². The quantitative estimate of drug-likeness (QED) is 0.557. The molecular formula is C22H30N6O3S. The number of hydrogen-bond acceptors (Lipinski definition) is 7. The highest BCUT2D eigenvalue weighted by Crippen LogP contribution is 2.25. The van der Waals surface area contributed by atoms with Crippen LogP contribution in [0.1, 0.15) is 37.0 Å². The molecule has 1 saturated carbocycles. The van der Waals surface area contributed by atoms with Crippen molar-refractivity contribution < 1.29 is 14.3 Å². The van der Waals surface area contributed by atoms with Gasteiger partial charge in [-0.05, 0) is 30.9 Å². The molecule has 0 bridgehead atoms. The molecule has 2 aliphatic rings. The summed E-state index contributed by atoms with van der Waals surface area (Å²) < 4.78 is 7.54. The third-order valence-electron chi connectivity index (χ3n) is 5.23. The summed E-state index contributed by atoms with van der Waals surface area (Å²) in [7, 11) is 0. The van der Waals surface area contributed by atoms with Crippen LogP contribution < -0.4 is 15.5 Å². The van der Waals surface area contributed by atoms with E-state index in [1.165, 1.54) is 11.8 Å². The fourth-order valence-corrected chi connectivity index (χ4v) is 4.25. The second kappa shape index (κ2) is 10.4. The lowest BCUT2D eigenvalue weighted by molar-refractivity contribution is -0.113. The summed E-state index contributed by atoms with van der Waals surface area (Å²) in [5.41, 5.74) is 1.00. The van der Waals surface area contributed by atoms with Gasteiger partial charge >= 0.3 is 0 Å². The molecule has 2 aromatic rings. The number of aromatic nitrogens is 3. The van der Waals surface area contributed by atoms with Crippen LogP contribution in [0.25, 0.3) is 0 Å². The van der Waals surface area contributed by atoms with Crippen LogP contribution in [-0.2, 0) is 16.1 Å².